The van der Waals surface area contributed by atoms with Crippen LogP contribution in [-0.4, -0.2) is 33.5 Å². The molecule has 106 valence electrons. The van der Waals surface area contributed by atoms with E-state index in [1.165, 1.54) is 12.8 Å². The van der Waals surface area contributed by atoms with Gasteiger partial charge in [-0.3, -0.25) is 0 Å². The summed E-state index contributed by atoms with van der Waals surface area (Å²) in [5.41, 5.74) is 1.14. The highest BCUT2D eigenvalue weighted by atomic mass is 16.5. The molecule has 19 heavy (non-hydrogen) atoms. The van der Waals surface area contributed by atoms with Gasteiger partial charge in [-0.15, -0.1) is 0 Å². The third-order valence-electron chi connectivity index (χ3n) is 3.34. The van der Waals surface area contributed by atoms with Crippen molar-refractivity contribution in [2.45, 2.75) is 31.9 Å². The number of ether oxygens (including phenoxy) is 3. The fourth-order valence-corrected chi connectivity index (χ4v) is 2.25. The molecule has 0 amide bonds. The normalized spacial score (nSPS) is 19.2. The summed E-state index contributed by atoms with van der Waals surface area (Å²) in [6.07, 6.45) is 3.71. The quantitative estimate of drug-likeness (QED) is 0.857. The summed E-state index contributed by atoms with van der Waals surface area (Å²) in [7, 11) is 3.60. The summed E-state index contributed by atoms with van der Waals surface area (Å²) in [6, 6.07) is 5.93. The lowest BCUT2D eigenvalue weighted by molar-refractivity contribution is -0.0112. The maximum Gasteiger partial charge on any atom is 0.127 e. The second-order valence-electron chi connectivity index (χ2n) is 4.80. The molecule has 1 aliphatic heterocycles. The van der Waals surface area contributed by atoms with Crippen molar-refractivity contribution in [3.05, 3.63) is 23.8 Å². The van der Waals surface area contributed by atoms with E-state index < -0.39 is 0 Å². The van der Waals surface area contributed by atoms with Crippen LogP contribution in [-0.2, 0) is 11.3 Å². The first-order chi connectivity index (χ1) is 9.33. The van der Waals surface area contributed by atoms with E-state index >= 15 is 0 Å². The molecular weight excluding hydrogens is 242 g/mol. The van der Waals surface area contributed by atoms with E-state index in [1.807, 2.05) is 25.2 Å². The van der Waals surface area contributed by atoms with Gasteiger partial charge >= 0.3 is 0 Å². The van der Waals surface area contributed by atoms with Crippen molar-refractivity contribution in [2.75, 3.05) is 27.4 Å². The molecular formula is C15H23NO3. The minimum absolute atomic E-state index is 0.224. The molecule has 4 heteroatoms. The molecule has 0 bridgehead atoms. The van der Waals surface area contributed by atoms with Gasteiger partial charge < -0.3 is 19.5 Å². The molecule has 1 atom stereocenters. The highest BCUT2D eigenvalue weighted by Crippen LogP contribution is 2.25. The number of hydrogen-bond donors (Lipinski definition) is 1. The lowest BCUT2D eigenvalue weighted by Crippen LogP contribution is -2.26. The van der Waals surface area contributed by atoms with Gasteiger partial charge in [-0.25, -0.2) is 0 Å². The molecule has 0 radical (unpaired) electrons. The predicted molar refractivity (Wildman–Crippen MR) is 74.8 cm³/mol. The van der Waals surface area contributed by atoms with Crippen LogP contribution in [0.25, 0.3) is 0 Å². The van der Waals surface area contributed by atoms with Crippen molar-refractivity contribution in [3.63, 3.8) is 0 Å². The Bertz CT molecular complexity index is 389. The standard InChI is InChI=1S/C15H23NO3/c1-16-10-12-6-7-13(17-2)9-15(12)19-11-14-5-3-4-8-18-14/h6-7,9,14,16H,3-5,8,10-11H2,1-2H3. The number of nitrogens with one attached hydrogen (secondary N) is 1. The third-order valence-corrected chi connectivity index (χ3v) is 3.34. The Morgan fingerprint density at radius 3 is 2.95 bits per heavy atom. The van der Waals surface area contributed by atoms with Gasteiger partial charge in [0.1, 0.15) is 18.1 Å². The summed E-state index contributed by atoms with van der Waals surface area (Å²) < 4.78 is 16.9. The summed E-state index contributed by atoms with van der Waals surface area (Å²) >= 11 is 0. The second kappa shape index (κ2) is 7.36. The van der Waals surface area contributed by atoms with Crippen LogP contribution < -0.4 is 14.8 Å². The Labute approximate surface area is 115 Å². The Hall–Kier alpha value is -1.26. The van der Waals surface area contributed by atoms with Gasteiger partial charge in [0.05, 0.1) is 13.2 Å². The summed E-state index contributed by atoms with van der Waals surface area (Å²) in [4.78, 5) is 0. The van der Waals surface area contributed by atoms with Gasteiger partial charge in [0, 0.05) is 24.8 Å². The predicted octanol–water partition coefficient (Wildman–Crippen LogP) is 2.36. The largest absolute Gasteiger partial charge is 0.497 e. The molecule has 0 aromatic heterocycles. The van der Waals surface area contributed by atoms with Gasteiger partial charge in [0.25, 0.3) is 0 Å². The molecule has 1 fully saturated rings. The molecule has 4 nitrogen and oxygen atoms in total. The number of hydrogen-bond acceptors (Lipinski definition) is 4. The summed E-state index contributed by atoms with van der Waals surface area (Å²) in [6.45, 7) is 2.25. The Kier molecular flexibility index (Phi) is 5.48. The van der Waals surface area contributed by atoms with E-state index in [0.717, 1.165) is 36.6 Å². The smallest absolute Gasteiger partial charge is 0.127 e. The third kappa shape index (κ3) is 4.11. The zero-order valence-electron chi connectivity index (χ0n) is 11.8. The van der Waals surface area contributed by atoms with E-state index in [9.17, 15) is 0 Å². The molecule has 1 heterocycles. The van der Waals surface area contributed by atoms with Gasteiger partial charge in [0.15, 0.2) is 0 Å². The molecule has 1 aromatic carbocycles. The molecule has 0 aliphatic carbocycles. The van der Waals surface area contributed by atoms with Crippen LogP contribution in [0, 0.1) is 0 Å². The van der Waals surface area contributed by atoms with E-state index in [2.05, 4.69) is 5.32 Å². The minimum atomic E-state index is 0.224. The number of benzene rings is 1. The minimum Gasteiger partial charge on any atom is -0.497 e. The summed E-state index contributed by atoms with van der Waals surface area (Å²) in [5.74, 6) is 1.70. The fourth-order valence-electron chi connectivity index (χ4n) is 2.25. The number of rotatable bonds is 6. The van der Waals surface area contributed by atoms with Crippen molar-refractivity contribution < 1.29 is 14.2 Å². The SMILES string of the molecule is CNCc1ccc(OC)cc1OCC1CCCCO1. The molecule has 0 saturated carbocycles. The van der Waals surface area contributed by atoms with Crippen LogP contribution >= 0.6 is 0 Å². The Morgan fingerprint density at radius 2 is 2.26 bits per heavy atom. The van der Waals surface area contributed by atoms with E-state index in [1.54, 1.807) is 7.11 Å². The maximum absolute atomic E-state index is 5.93. The monoisotopic (exact) mass is 265 g/mol. The highest BCUT2D eigenvalue weighted by molar-refractivity contribution is 5.40. The van der Waals surface area contributed by atoms with Crippen molar-refractivity contribution in [3.8, 4) is 11.5 Å². The fraction of sp³-hybridized carbons (Fsp3) is 0.600. The van der Waals surface area contributed by atoms with Crippen molar-refractivity contribution in [2.24, 2.45) is 0 Å². The van der Waals surface area contributed by atoms with Gasteiger partial charge in [-0.1, -0.05) is 6.07 Å². The number of methoxy groups -OCH3 is 1. The Balaban J connectivity index is 1.99. The van der Waals surface area contributed by atoms with Crippen molar-refractivity contribution in [1.82, 2.24) is 5.32 Å². The average Bonchev–Trinajstić information content (AvgIpc) is 2.47. The van der Waals surface area contributed by atoms with Crippen LogP contribution in [0.15, 0.2) is 18.2 Å². The second-order valence-corrected chi connectivity index (χ2v) is 4.80. The van der Waals surface area contributed by atoms with E-state index in [-0.39, 0.29) is 6.10 Å². The maximum atomic E-state index is 5.93. The molecule has 1 aromatic rings. The lowest BCUT2D eigenvalue weighted by atomic mass is 10.1. The molecule has 1 aliphatic rings. The molecule has 0 spiro atoms. The lowest BCUT2D eigenvalue weighted by Gasteiger charge is -2.23. The molecule has 1 saturated heterocycles. The van der Waals surface area contributed by atoms with Gasteiger partial charge in [0.2, 0.25) is 0 Å². The zero-order chi connectivity index (χ0) is 13.5. The topological polar surface area (TPSA) is 39.7 Å². The first-order valence-electron chi connectivity index (χ1n) is 6.89. The van der Waals surface area contributed by atoms with Gasteiger partial charge in [-0.05, 0) is 32.4 Å². The molecule has 2 rings (SSSR count). The summed E-state index contributed by atoms with van der Waals surface area (Å²) in [5, 5.41) is 3.15. The first kappa shape index (κ1) is 14.2. The van der Waals surface area contributed by atoms with Crippen LogP contribution in [0.3, 0.4) is 0 Å². The van der Waals surface area contributed by atoms with Crippen molar-refractivity contribution in [1.29, 1.82) is 0 Å². The highest BCUT2D eigenvalue weighted by Gasteiger charge is 2.15. The van der Waals surface area contributed by atoms with Crippen LogP contribution in [0.5, 0.6) is 11.5 Å². The van der Waals surface area contributed by atoms with Crippen molar-refractivity contribution >= 4 is 0 Å². The van der Waals surface area contributed by atoms with E-state index in [0.29, 0.717) is 6.61 Å². The van der Waals surface area contributed by atoms with Crippen LogP contribution in [0.1, 0.15) is 24.8 Å². The zero-order valence-corrected chi connectivity index (χ0v) is 11.8. The van der Waals surface area contributed by atoms with E-state index in [4.69, 9.17) is 14.2 Å². The molecule has 1 N–H and O–H groups in total. The van der Waals surface area contributed by atoms with Gasteiger partial charge in [-0.2, -0.15) is 0 Å². The molecule has 1 unspecified atom stereocenters. The Morgan fingerprint density at radius 1 is 1.37 bits per heavy atom. The average molecular weight is 265 g/mol. The van der Waals surface area contributed by atoms with Crippen LogP contribution in [0.4, 0.5) is 0 Å². The van der Waals surface area contributed by atoms with Crippen LogP contribution in [0.2, 0.25) is 0 Å². The first-order valence-corrected chi connectivity index (χ1v) is 6.89.